The molecule has 98 valence electrons. The van der Waals surface area contributed by atoms with Crippen LogP contribution in [0.2, 0.25) is 0 Å². The van der Waals surface area contributed by atoms with Crippen LogP contribution in [0.25, 0.3) is 0 Å². The molecular weight excluding hydrogens is 230 g/mol. The molecule has 1 amide bonds. The molecule has 2 rings (SSSR count). The maximum absolute atomic E-state index is 11.9. The standard InChI is InChI=1S/C13H19N3O2/c1-9-6-14-4-2-10(9)7-16-13(18)11-3-5-15-8-12(11)17/h3,5,8-10,14,17H,2,4,6-7H2,1H3,(H,16,18). The largest absolute Gasteiger partial charge is 0.505 e. The highest BCUT2D eigenvalue weighted by Gasteiger charge is 2.22. The molecular formula is C13H19N3O2. The van der Waals surface area contributed by atoms with Crippen molar-refractivity contribution in [2.75, 3.05) is 19.6 Å². The number of aromatic hydroxyl groups is 1. The van der Waals surface area contributed by atoms with Crippen molar-refractivity contribution in [2.45, 2.75) is 13.3 Å². The van der Waals surface area contributed by atoms with Gasteiger partial charge >= 0.3 is 0 Å². The predicted octanol–water partition coefficient (Wildman–Crippen LogP) is 0.763. The summed E-state index contributed by atoms with van der Waals surface area (Å²) in [6.07, 6.45) is 3.85. The van der Waals surface area contributed by atoms with Gasteiger partial charge in [0.1, 0.15) is 5.75 Å². The van der Waals surface area contributed by atoms with Crippen molar-refractivity contribution in [1.29, 1.82) is 0 Å². The minimum atomic E-state index is -0.236. The molecule has 0 aliphatic carbocycles. The lowest BCUT2D eigenvalue weighted by Gasteiger charge is -2.29. The van der Waals surface area contributed by atoms with Gasteiger partial charge in [0, 0.05) is 12.7 Å². The lowest BCUT2D eigenvalue weighted by molar-refractivity contribution is 0.0935. The van der Waals surface area contributed by atoms with E-state index in [2.05, 4.69) is 22.5 Å². The lowest BCUT2D eigenvalue weighted by atomic mass is 9.88. The summed E-state index contributed by atoms with van der Waals surface area (Å²) in [5.41, 5.74) is 0.284. The van der Waals surface area contributed by atoms with Gasteiger partial charge in [0.15, 0.2) is 0 Å². The first-order valence-electron chi connectivity index (χ1n) is 6.30. The van der Waals surface area contributed by atoms with Crippen molar-refractivity contribution in [2.24, 2.45) is 11.8 Å². The molecule has 0 saturated carbocycles. The summed E-state index contributed by atoms with van der Waals surface area (Å²) in [4.78, 5) is 15.7. The predicted molar refractivity (Wildman–Crippen MR) is 68.4 cm³/mol. The molecule has 0 radical (unpaired) electrons. The molecule has 0 aromatic carbocycles. The highest BCUT2D eigenvalue weighted by atomic mass is 16.3. The van der Waals surface area contributed by atoms with Crippen LogP contribution in [0.3, 0.4) is 0 Å². The molecule has 1 aromatic rings. The van der Waals surface area contributed by atoms with Gasteiger partial charge in [0.05, 0.1) is 11.8 Å². The van der Waals surface area contributed by atoms with E-state index in [0.29, 0.717) is 18.4 Å². The van der Waals surface area contributed by atoms with Crippen molar-refractivity contribution < 1.29 is 9.90 Å². The van der Waals surface area contributed by atoms with Gasteiger partial charge in [-0.05, 0) is 37.4 Å². The van der Waals surface area contributed by atoms with Crippen LogP contribution in [-0.4, -0.2) is 35.6 Å². The summed E-state index contributed by atoms with van der Waals surface area (Å²) in [6, 6.07) is 1.52. The number of nitrogens with one attached hydrogen (secondary N) is 2. The molecule has 0 spiro atoms. The summed E-state index contributed by atoms with van der Waals surface area (Å²) < 4.78 is 0. The van der Waals surface area contributed by atoms with Gasteiger partial charge in [-0.2, -0.15) is 0 Å². The monoisotopic (exact) mass is 249 g/mol. The fourth-order valence-electron chi connectivity index (χ4n) is 2.27. The number of carbonyl (C=O) groups is 1. The van der Waals surface area contributed by atoms with E-state index in [4.69, 9.17) is 0 Å². The SMILES string of the molecule is CC1CNCCC1CNC(=O)c1ccncc1O. The Labute approximate surface area is 107 Å². The van der Waals surface area contributed by atoms with Crippen molar-refractivity contribution in [1.82, 2.24) is 15.6 Å². The summed E-state index contributed by atoms with van der Waals surface area (Å²) >= 11 is 0. The second-order valence-electron chi connectivity index (χ2n) is 4.83. The van der Waals surface area contributed by atoms with Gasteiger partial charge in [-0.15, -0.1) is 0 Å². The number of amides is 1. The number of rotatable bonds is 3. The van der Waals surface area contributed by atoms with Crippen molar-refractivity contribution in [3.8, 4) is 5.75 Å². The van der Waals surface area contributed by atoms with Gasteiger partial charge in [-0.3, -0.25) is 9.78 Å². The Morgan fingerprint density at radius 1 is 1.67 bits per heavy atom. The molecule has 18 heavy (non-hydrogen) atoms. The van der Waals surface area contributed by atoms with E-state index in [1.54, 1.807) is 0 Å². The second kappa shape index (κ2) is 5.82. The third-order valence-corrected chi connectivity index (χ3v) is 3.53. The van der Waals surface area contributed by atoms with Gasteiger partial charge in [0.2, 0.25) is 0 Å². The Balaban J connectivity index is 1.90. The number of pyridine rings is 1. The number of piperidine rings is 1. The zero-order chi connectivity index (χ0) is 13.0. The molecule has 3 N–H and O–H groups in total. The van der Waals surface area contributed by atoms with Crippen LogP contribution >= 0.6 is 0 Å². The van der Waals surface area contributed by atoms with Gasteiger partial charge < -0.3 is 15.7 Å². The molecule has 1 aromatic heterocycles. The minimum Gasteiger partial charge on any atom is -0.505 e. The number of hydrogen-bond donors (Lipinski definition) is 3. The van der Waals surface area contributed by atoms with E-state index in [-0.39, 0.29) is 17.2 Å². The zero-order valence-corrected chi connectivity index (χ0v) is 10.5. The molecule has 5 nitrogen and oxygen atoms in total. The smallest absolute Gasteiger partial charge is 0.255 e. The average Bonchev–Trinajstić information content (AvgIpc) is 2.38. The number of hydrogen-bond acceptors (Lipinski definition) is 4. The van der Waals surface area contributed by atoms with Gasteiger partial charge in [-0.1, -0.05) is 6.92 Å². The van der Waals surface area contributed by atoms with Crippen LogP contribution < -0.4 is 10.6 Å². The molecule has 1 aliphatic heterocycles. The minimum absolute atomic E-state index is 0.0756. The van der Waals surface area contributed by atoms with Crippen LogP contribution in [-0.2, 0) is 0 Å². The Hall–Kier alpha value is -1.62. The molecule has 1 fully saturated rings. The van der Waals surface area contributed by atoms with Crippen molar-refractivity contribution in [3.05, 3.63) is 24.0 Å². The van der Waals surface area contributed by atoms with E-state index in [0.717, 1.165) is 19.5 Å². The molecule has 0 bridgehead atoms. The topological polar surface area (TPSA) is 74.2 Å². The van der Waals surface area contributed by atoms with E-state index >= 15 is 0 Å². The highest BCUT2D eigenvalue weighted by Crippen LogP contribution is 2.18. The third kappa shape index (κ3) is 2.98. The Morgan fingerprint density at radius 3 is 3.22 bits per heavy atom. The highest BCUT2D eigenvalue weighted by molar-refractivity contribution is 5.96. The van der Waals surface area contributed by atoms with E-state index in [1.807, 2.05) is 0 Å². The van der Waals surface area contributed by atoms with Crippen LogP contribution in [0.15, 0.2) is 18.5 Å². The Bertz CT molecular complexity index is 422. The van der Waals surface area contributed by atoms with E-state index in [9.17, 15) is 9.90 Å². The average molecular weight is 249 g/mol. The van der Waals surface area contributed by atoms with Crippen LogP contribution in [0, 0.1) is 11.8 Å². The van der Waals surface area contributed by atoms with Crippen LogP contribution in [0.1, 0.15) is 23.7 Å². The summed E-state index contributed by atoms with van der Waals surface area (Å²) in [6.45, 7) is 4.85. The first kappa shape index (κ1) is 12.8. The van der Waals surface area contributed by atoms with Crippen molar-refractivity contribution >= 4 is 5.91 Å². The van der Waals surface area contributed by atoms with E-state index < -0.39 is 0 Å². The van der Waals surface area contributed by atoms with Gasteiger partial charge in [-0.25, -0.2) is 0 Å². The number of aromatic nitrogens is 1. The maximum Gasteiger partial charge on any atom is 0.255 e. The molecule has 5 heteroatoms. The summed E-state index contributed by atoms with van der Waals surface area (Å²) in [7, 11) is 0. The maximum atomic E-state index is 11.9. The second-order valence-corrected chi connectivity index (χ2v) is 4.83. The van der Waals surface area contributed by atoms with Crippen LogP contribution in [0.4, 0.5) is 0 Å². The molecule has 2 atom stereocenters. The fraction of sp³-hybridized carbons (Fsp3) is 0.538. The molecule has 1 saturated heterocycles. The normalized spacial score (nSPS) is 23.6. The van der Waals surface area contributed by atoms with Crippen LogP contribution in [0.5, 0.6) is 5.75 Å². The summed E-state index contributed by atoms with van der Waals surface area (Å²) in [5, 5.41) is 15.8. The zero-order valence-electron chi connectivity index (χ0n) is 10.5. The molecule has 2 heterocycles. The quantitative estimate of drug-likeness (QED) is 0.739. The van der Waals surface area contributed by atoms with E-state index in [1.165, 1.54) is 18.5 Å². The first-order chi connectivity index (χ1) is 8.68. The Kier molecular flexibility index (Phi) is 4.15. The van der Waals surface area contributed by atoms with Gasteiger partial charge in [0.25, 0.3) is 5.91 Å². The summed E-state index contributed by atoms with van der Waals surface area (Å²) in [5.74, 6) is 0.748. The third-order valence-electron chi connectivity index (χ3n) is 3.53. The Morgan fingerprint density at radius 2 is 2.50 bits per heavy atom. The number of nitrogens with zero attached hydrogens (tertiary/aromatic N) is 1. The fourth-order valence-corrected chi connectivity index (χ4v) is 2.27. The first-order valence-corrected chi connectivity index (χ1v) is 6.30. The molecule has 2 unspecified atom stereocenters. The number of carbonyl (C=O) groups excluding carboxylic acids is 1. The molecule has 1 aliphatic rings. The lowest BCUT2D eigenvalue weighted by Crippen LogP contribution is -2.41. The van der Waals surface area contributed by atoms with Crippen molar-refractivity contribution in [3.63, 3.8) is 0 Å².